The van der Waals surface area contributed by atoms with E-state index >= 15 is 0 Å². The molecule has 1 atom stereocenters. The third-order valence-electron chi connectivity index (χ3n) is 3.38. The quantitative estimate of drug-likeness (QED) is 0.654. The van der Waals surface area contributed by atoms with Gasteiger partial charge in [-0.3, -0.25) is 15.0 Å². The van der Waals surface area contributed by atoms with Crippen LogP contribution in [0.15, 0.2) is 18.2 Å². The first-order valence-electron chi connectivity index (χ1n) is 6.26. The van der Waals surface area contributed by atoms with Crippen LogP contribution < -0.4 is 5.32 Å². The van der Waals surface area contributed by atoms with E-state index in [1.807, 2.05) is 13.0 Å². The molecule has 0 bridgehead atoms. The molecular formula is C13H19N3O2. The minimum atomic E-state index is -0.344. The molecule has 0 spiro atoms. The number of non-ortho nitro benzene ring substituents is 1. The molecule has 1 aliphatic heterocycles. The van der Waals surface area contributed by atoms with Gasteiger partial charge >= 0.3 is 0 Å². The summed E-state index contributed by atoms with van der Waals surface area (Å²) < 4.78 is 0. The standard InChI is InChI=1S/C13H19N3O2/c1-10-7-13(16(17)18)4-3-12(10)9-15-6-5-14-11(2)8-15/h3-4,7,11,14H,5-6,8-9H2,1-2H3/t11-/m1/s1. The molecule has 1 heterocycles. The van der Waals surface area contributed by atoms with Crippen molar-refractivity contribution in [3.63, 3.8) is 0 Å². The summed E-state index contributed by atoms with van der Waals surface area (Å²) in [5.74, 6) is 0. The van der Waals surface area contributed by atoms with E-state index < -0.39 is 0 Å². The van der Waals surface area contributed by atoms with Crippen molar-refractivity contribution in [3.8, 4) is 0 Å². The zero-order chi connectivity index (χ0) is 13.1. The molecule has 0 radical (unpaired) electrons. The second kappa shape index (κ2) is 5.46. The maximum atomic E-state index is 10.7. The van der Waals surface area contributed by atoms with Crippen LogP contribution in [0.5, 0.6) is 0 Å². The molecule has 0 aromatic heterocycles. The largest absolute Gasteiger partial charge is 0.312 e. The molecule has 0 unspecified atom stereocenters. The summed E-state index contributed by atoms with van der Waals surface area (Å²) >= 11 is 0. The molecule has 1 aromatic rings. The van der Waals surface area contributed by atoms with Gasteiger partial charge in [0.25, 0.3) is 5.69 Å². The lowest BCUT2D eigenvalue weighted by Crippen LogP contribution is -2.48. The second-order valence-corrected chi connectivity index (χ2v) is 4.96. The third-order valence-corrected chi connectivity index (χ3v) is 3.38. The predicted octanol–water partition coefficient (Wildman–Crippen LogP) is 1.70. The lowest BCUT2D eigenvalue weighted by atomic mass is 10.1. The lowest BCUT2D eigenvalue weighted by Gasteiger charge is -2.32. The Morgan fingerprint density at radius 1 is 1.56 bits per heavy atom. The molecule has 1 aliphatic rings. The van der Waals surface area contributed by atoms with Gasteiger partial charge in [-0.15, -0.1) is 0 Å². The van der Waals surface area contributed by atoms with Gasteiger partial charge in [0.15, 0.2) is 0 Å². The Kier molecular flexibility index (Phi) is 3.93. The average Bonchev–Trinajstić information content (AvgIpc) is 2.31. The Balaban J connectivity index is 2.07. The van der Waals surface area contributed by atoms with Crippen molar-refractivity contribution in [1.82, 2.24) is 10.2 Å². The van der Waals surface area contributed by atoms with E-state index in [9.17, 15) is 10.1 Å². The molecular weight excluding hydrogens is 230 g/mol. The number of benzene rings is 1. The Hall–Kier alpha value is -1.46. The fourth-order valence-corrected chi connectivity index (χ4v) is 2.37. The van der Waals surface area contributed by atoms with Crippen molar-refractivity contribution >= 4 is 5.69 Å². The molecule has 5 heteroatoms. The fraction of sp³-hybridized carbons (Fsp3) is 0.538. The molecule has 18 heavy (non-hydrogen) atoms. The molecule has 0 aliphatic carbocycles. The van der Waals surface area contributed by atoms with Crippen LogP contribution >= 0.6 is 0 Å². The molecule has 1 fully saturated rings. The van der Waals surface area contributed by atoms with Gasteiger partial charge in [-0.05, 0) is 25.0 Å². The minimum Gasteiger partial charge on any atom is -0.312 e. The summed E-state index contributed by atoms with van der Waals surface area (Å²) in [5, 5.41) is 14.1. The van der Waals surface area contributed by atoms with Crippen molar-refractivity contribution < 1.29 is 4.92 Å². The number of nitrogens with zero attached hydrogens (tertiary/aromatic N) is 2. The Morgan fingerprint density at radius 2 is 2.33 bits per heavy atom. The summed E-state index contributed by atoms with van der Waals surface area (Å²) in [6.45, 7) is 8.04. The van der Waals surface area contributed by atoms with Crippen molar-refractivity contribution in [3.05, 3.63) is 39.4 Å². The second-order valence-electron chi connectivity index (χ2n) is 4.96. The predicted molar refractivity (Wildman–Crippen MR) is 70.6 cm³/mol. The van der Waals surface area contributed by atoms with Crippen LogP contribution in [0.2, 0.25) is 0 Å². The lowest BCUT2D eigenvalue weighted by molar-refractivity contribution is -0.384. The molecule has 0 amide bonds. The molecule has 2 rings (SSSR count). The number of hydrogen-bond donors (Lipinski definition) is 1. The van der Waals surface area contributed by atoms with E-state index in [0.29, 0.717) is 6.04 Å². The van der Waals surface area contributed by atoms with Crippen LogP contribution in [-0.4, -0.2) is 35.5 Å². The number of nitrogens with one attached hydrogen (secondary N) is 1. The molecule has 1 N–H and O–H groups in total. The van der Waals surface area contributed by atoms with Crippen molar-refractivity contribution in [2.75, 3.05) is 19.6 Å². The van der Waals surface area contributed by atoms with Gasteiger partial charge in [-0.25, -0.2) is 0 Å². The molecule has 1 saturated heterocycles. The highest BCUT2D eigenvalue weighted by Crippen LogP contribution is 2.19. The van der Waals surface area contributed by atoms with E-state index in [2.05, 4.69) is 17.1 Å². The van der Waals surface area contributed by atoms with Crippen LogP contribution in [0.4, 0.5) is 5.69 Å². The van der Waals surface area contributed by atoms with Gasteiger partial charge in [0.1, 0.15) is 0 Å². The highest BCUT2D eigenvalue weighted by Gasteiger charge is 2.17. The first kappa shape index (κ1) is 13.0. The monoisotopic (exact) mass is 249 g/mol. The summed E-state index contributed by atoms with van der Waals surface area (Å²) in [4.78, 5) is 12.7. The highest BCUT2D eigenvalue weighted by molar-refractivity contribution is 5.39. The maximum Gasteiger partial charge on any atom is 0.269 e. The average molecular weight is 249 g/mol. The number of aryl methyl sites for hydroxylation is 1. The van der Waals surface area contributed by atoms with Gasteiger partial charge in [0, 0.05) is 44.4 Å². The van der Waals surface area contributed by atoms with Gasteiger partial charge in [-0.2, -0.15) is 0 Å². The van der Waals surface area contributed by atoms with E-state index in [4.69, 9.17) is 0 Å². The fourth-order valence-electron chi connectivity index (χ4n) is 2.37. The van der Waals surface area contributed by atoms with Crippen LogP contribution in [0.3, 0.4) is 0 Å². The number of rotatable bonds is 3. The van der Waals surface area contributed by atoms with Gasteiger partial charge in [0.05, 0.1) is 4.92 Å². The first-order chi connectivity index (χ1) is 8.56. The van der Waals surface area contributed by atoms with E-state index in [1.165, 1.54) is 5.56 Å². The van der Waals surface area contributed by atoms with Crippen molar-refractivity contribution in [2.45, 2.75) is 26.4 Å². The SMILES string of the molecule is Cc1cc([N+](=O)[O-])ccc1CN1CCN[C@H](C)C1. The van der Waals surface area contributed by atoms with Crippen LogP contribution in [-0.2, 0) is 6.54 Å². The number of piperazine rings is 1. The van der Waals surface area contributed by atoms with Crippen molar-refractivity contribution in [2.24, 2.45) is 0 Å². The van der Waals surface area contributed by atoms with E-state index in [-0.39, 0.29) is 10.6 Å². The summed E-state index contributed by atoms with van der Waals surface area (Å²) in [6.07, 6.45) is 0. The van der Waals surface area contributed by atoms with Gasteiger partial charge in [-0.1, -0.05) is 6.07 Å². The zero-order valence-corrected chi connectivity index (χ0v) is 10.8. The van der Waals surface area contributed by atoms with Crippen LogP contribution in [0.25, 0.3) is 0 Å². The van der Waals surface area contributed by atoms with E-state index in [0.717, 1.165) is 31.7 Å². The van der Waals surface area contributed by atoms with Crippen LogP contribution in [0.1, 0.15) is 18.1 Å². The Morgan fingerprint density at radius 3 is 2.94 bits per heavy atom. The molecule has 98 valence electrons. The van der Waals surface area contributed by atoms with Gasteiger partial charge in [0.2, 0.25) is 0 Å². The number of nitro groups is 1. The van der Waals surface area contributed by atoms with E-state index in [1.54, 1.807) is 12.1 Å². The van der Waals surface area contributed by atoms with Crippen molar-refractivity contribution in [1.29, 1.82) is 0 Å². The summed E-state index contributed by atoms with van der Waals surface area (Å²) in [7, 11) is 0. The molecule has 1 aromatic carbocycles. The minimum absolute atomic E-state index is 0.171. The Bertz CT molecular complexity index is 448. The summed E-state index contributed by atoms with van der Waals surface area (Å²) in [6, 6.07) is 5.63. The Labute approximate surface area is 107 Å². The first-order valence-corrected chi connectivity index (χ1v) is 6.26. The highest BCUT2D eigenvalue weighted by atomic mass is 16.6. The van der Waals surface area contributed by atoms with Gasteiger partial charge < -0.3 is 5.32 Å². The third kappa shape index (κ3) is 3.05. The normalized spacial score (nSPS) is 20.9. The molecule has 0 saturated carbocycles. The number of hydrogen-bond acceptors (Lipinski definition) is 4. The maximum absolute atomic E-state index is 10.7. The smallest absolute Gasteiger partial charge is 0.269 e. The summed E-state index contributed by atoms with van der Waals surface area (Å²) in [5.41, 5.74) is 2.34. The molecule has 5 nitrogen and oxygen atoms in total. The topological polar surface area (TPSA) is 58.4 Å². The zero-order valence-electron chi connectivity index (χ0n) is 10.8. The number of nitro benzene ring substituents is 1. The van der Waals surface area contributed by atoms with Crippen LogP contribution in [0, 0.1) is 17.0 Å².